The molecule has 38 valence electrons. The molecule has 1 N–H and O–H groups in total. The second kappa shape index (κ2) is 3.59. The lowest BCUT2D eigenvalue weighted by Crippen LogP contribution is -1.93. The van der Waals surface area contributed by atoms with E-state index in [0.717, 1.165) is 0 Å². The van der Waals surface area contributed by atoms with E-state index in [4.69, 9.17) is 16.2 Å². The van der Waals surface area contributed by atoms with Crippen LogP contribution in [-0.2, 0) is 11.1 Å². The van der Waals surface area contributed by atoms with Gasteiger partial charge in [-0.05, 0) is 0 Å². The molecular weight excluding hydrogens is 124 g/mol. The third-order valence-corrected chi connectivity index (χ3v) is 1.22. The average Bonchev–Trinajstić information content (AvgIpc) is 1.35. The molecule has 0 heterocycles. The van der Waals surface area contributed by atoms with Gasteiger partial charge in [0.05, 0.1) is 5.75 Å². The van der Waals surface area contributed by atoms with Crippen molar-refractivity contribution in [3.8, 4) is 0 Å². The van der Waals surface area contributed by atoms with Crippen molar-refractivity contribution < 1.29 is 8.76 Å². The zero-order valence-electron chi connectivity index (χ0n) is 3.06. The van der Waals surface area contributed by atoms with Crippen LogP contribution in [0.3, 0.4) is 0 Å². The van der Waals surface area contributed by atoms with E-state index in [0.29, 0.717) is 0 Å². The maximum Gasteiger partial charge on any atom is 0.153 e. The molecule has 0 aliphatic rings. The Morgan fingerprint density at radius 3 is 2.33 bits per heavy atom. The molecule has 0 aromatic carbocycles. The highest BCUT2D eigenvalue weighted by atomic mass is 35.5. The lowest BCUT2D eigenvalue weighted by molar-refractivity contribution is 0.566. The number of alkyl halides is 1. The van der Waals surface area contributed by atoms with Crippen LogP contribution < -0.4 is 0 Å². The lowest BCUT2D eigenvalue weighted by Gasteiger charge is -1.79. The minimum atomic E-state index is -1.70. The molecule has 0 aliphatic carbocycles. The number of hydrogen-bond acceptors (Lipinski definition) is 1. The van der Waals surface area contributed by atoms with Crippen molar-refractivity contribution in [1.29, 1.82) is 0 Å². The first-order chi connectivity index (χ1) is 2.77. The number of hydrogen-bond donors (Lipinski definition) is 1. The van der Waals surface area contributed by atoms with Gasteiger partial charge in [-0.3, -0.25) is 0 Å². The van der Waals surface area contributed by atoms with Gasteiger partial charge in [0.2, 0.25) is 0 Å². The van der Waals surface area contributed by atoms with Crippen LogP contribution in [0, 0.1) is 0 Å². The fourth-order valence-corrected chi connectivity index (χ4v) is 0.594. The summed E-state index contributed by atoms with van der Waals surface area (Å²) in [4.78, 5) is 0. The van der Waals surface area contributed by atoms with Crippen LogP contribution in [0.4, 0.5) is 0 Å². The molecule has 0 radical (unpaired) electrons. The minimum Gasteiger partial charge on any atom is -0.306 e. The molecule has 0 saturated carbocycles. The van der Waals surface area contributed by atoms with E-state index in [9.17, 15) is 4.21 Å². The summed E-state index contributed by atoms with van der Waals surface area (Å²) in [6.07, 6.45) is 0. The van der Waals surface area contributed by atoms with Crippen molar-refractivity contribution in [3.05, 3.63) is 0 Å². The third-order valence-electron chi connectivity index (χ3n) is 0.252. The summed E-state index contributed by atoms with van der Waals surface area (Å²) in [6, 6.07) is 0. The Labute approximate surface area is 43.8 Å². The summed E-state index contributed by atoms with van der Waals surface area (Å²) in [5, 5.41) is 0. The van der Waals surface area contributed by atoms with Gasteiger partial charge in [-0.15, -0.1) is 11.6 Å². The number of rotatable bonds is 2. The largest absolute Gasteiger partial charge is 0.306 e. The summed E-state index contributed by atoms with van der Waals surface area (Å²) in [5.41, 5.74) is 0. The fraction of sp³-hybridized carbons (Fsp3) is 1.00. The molecule has 2 nitrogen and oxygen atoms in total. The van der Waals surface area contributed by atoms with E-state index < -0.39 is 11.1 Å². The highest BCUT2D eigenvalue weighted by Gasteiger charge is 1.85. The van der Waals surface area contributed by atoms with Gasteiger partial charge in [0, 0.05) is 5.88 Å². The van der Waals surface area contributed by atoms with Crippen molar-refractivity contribution in [2.75, 3.05) is 11.6 Å². The molecule has 0 aromatic heterocycles. The molecule has 0 bridgehead atoms. The average molecular weight is 129 g/mol. The molecule has 0 rings (SSSR count). The van der Waals surface area contributed by atoms with E-state index in [1.54, 1.807) is 0 Å². The molecule has 1 atom stereocenters. The van der Waals surface area contributed by atoms with E-state index in [2.05, 4.69) is 0 Å². The first kappa shape index (κ1) is 6.40. The van der Waals surface area contributed by atoms with Crippen molar-refractivity contribution in [2.45, 2.75) is 0 Å². The summed E-state index contributed by atoms with van der Waals surface area (Å²) < 4.78 is 17.6. The van der Waals surface area contributed by atoms with Crippen LogP contribution >= 0.6 is 11.6 Å². The van der Waals surface area contributed by atoms with Crippen LogP contribution in [0.25, 0.3) is 0 Å². The van der Waals surface area contributed by atoms with Crippen molar-refractivity contribution in [2.24, 2.45) is 0 Å². The number of halogens is 1. The molecule has 0 fully saturated rings. The van der Waals surface area contributed by atoms with Gasteiger partial charge >= 0.3 is 0 Å². The van der Waals surface area contributed by atoms with Gasteiger partial charge in [0.25, 0.3) is 0 Å². The molecule has 0 aromatic rings. The summed E-state index contributed by atoms with van der Waals surface area (Å²) in [5.74, 6) is 0.421. The quantitative estimate of drug-likeness (QED) is 0.433. The Balaban J connectivity index is 2.83. The first-order valence-electron chi connectivity index (χ1n) is 1.41. The monoisotopic (exact) mass is 128 g/mol. The van der Waals surface area contributed by atoms with E-state index >= 15 is 0 Å². The molecule has 0 saturated heterocycles. The first-order valence-corrected chi connectivity index (χ1v) is 3.22. The molecule has 6 heavy (non-hydrogen) atoms. The lowest BCUT2D eigenvalue weighted by atomic mass is 11.0. The smallest absolute Gasteiger partial charge is 0.153 e. The summed E-state index contributed by atoms with van der Waals surface area (Å²) in [7, 11) is 0. The topological polar surface area (TPSA) is 37.3 Å². The highest BCUT2D eigenvalue weighted by molar-refractivity contribution is 7.79. The van der Waals surface area contributed by atoms with Gasteiger partial charge in [-0.2, -0.15) is 0 Å². The van der Waals surface area contributed by atoms with Crippen molar-refractivity contribution in [1.82, 2.24) is 0 Å². The van der Waals surface area contributed by atoms with Crippen LogP contribution in [0.2, 0.25) is 0 Å². The zero-order valence-corrected chi connectivity index (χ0v) is 4.63. The van der Waals surface area contributed by atoms with E-state index in [1.807, 2.05) is 0 Å². The van der Waals surface area contributed by atoms with Gasteiger partial charge in [-0.1, -0.05) is 0 Å². The van der Waals surface area contributed by atoms with Gasteiger partial charge in [-0.25, -0.2) is 4.21 Å². The standard InChI is InChI=1S/C2H5ClO2S/c3-1-2-6(4)5/h1-2H2,(H,4,5). The fourth-order valence-electron chi connectivity index (χ4n) is 0.0660. The predicted octanol–water partition coefficient (Wildman–Crippen LogP) is 0.447. The zero-order chi connectivity index (χ0) is 4.99. The molecule has 0 amide bonds. The Bertz CT molecular complexity index is 55.5. The Morgan fingerprint density at radius 1 is 1.83 bits per heavy atom. The molecule has 1 unspecified atom stereocenters. The second-order valence-electron chi connectivity index (χ2n) is 0.715. The molecule has 4 heteroatoms. The van der Waals surface area contributed by atoms with Crippen LogP contribution in [-0.4, -0.2) is 20.4 Å². The minimum absolute atomic E-state index is 0.168. The normalized spacial score (nSPS) is 14.3. The highest BCUT2D eigenvalue weighted by Crippen LogP contribution is 1.76. The summed E-state index contributed by atoms with van der Waals surface area (Å²) >= 11 is 3.35. The molecule has 0 aliphatic heterocycles. The van der Waals surface area contributed by atoms with E-state index in [1.165, 1.54) is 0 Å². The predicted molar refractivity (Wildman–Crippen MR) is 26.4 cm³/mol. The SMILES string of the molecule is O=S(O)CCCl. The maximum absolute atomic E-state index is 9.63. The summed E-state index contributed by atoms with van der Waals surface area (Å²) in [6.45, 7) is 0. The Morgan fingerprint density at radius 2 is 2.33 bits per heavy atom. The van der Waals surface area contributed by atoms with Crippen LogP contribution in [0.1, 0.15) is 0 Å². The Kier molecular flexibility index (Phi) is 3.82. The maximum atomic E-state index is 9.63. The second-order valence-corrected chi connectivity index (χ2v) is 2.14. The molecular formula is C2H5ClO2S. The van der Waals surface area contributed by atoms with Gasteiger partial charge in [0.1, 0.15) is 0 Å². The van der Waals surface area contributed by atoms with Crippen LogP contribution in [0.5, 0.6) is 0 Å². The Hall–Kier alpha value is 0.400. The van der Waals surface area contributed by atoms with Crippen molar-refractivity contribution in [3.63, 3.8) is 0 Å². The van der Waals surface area contributed by atoms with Crippen LogP contribution in [0.15, 0.2) is 0 Å². The van der Waals surface area contributed by atoms with E-state index in [-0.39, 0.29) is 11.6 Å². The molecule has 0 spiro atoms. The van der Waals surface area contributed by atoms with Gasteiger partial charge in [0.15, 0.2) is 11.1 Å². The van der Waals surface area contributed by atoms with Crippen molar-refractivity contribution >= 4 is 22.7 Å². The third kappa shape index (κ3) is 4.40. The van der Waals surface area contributed by atoms with Gasteiger partial charge < -0.3 is 4.55 Å².